The summed E-state index contributed by atoms with van der Waals surface area (Å²) in [7, 11) is 1.50. The summed E-state index contributed by atoms with van der Waals surface area (Å²) in [6, 6.07) is 5.78. The number of nitrogens with two attached hydrogens (primary N) is 1. The zero-order chi connectivity index (χ0) is 11.1. The van der Waals surface area contributed by atoms with E-state index in [1.807, 2.05) is 0 Å². The lowest BCUT2D eigenvalue weighted by Crippen LogP contribution is -2.41. The van der Waals surface area contributed by atoms with Crippen LogP contribution in [0, 0.1) is 0 Å². The number of rotatable bonds is 3. The molecule has 4 heteroatoms. The van der Waals surface area contributed by atoms with Crippen molar-refractivity contribution in [2.75, 3.05) is 7.11 Å². The molecule has 0 atom stereocenters. The van der Waals surface area contributed by atoms with Gasteiger partial charge >= 0.3 is 0 Å². The lowest BCUT2D eigenvalue weighted by Gasteiger charge is -2.23. The van der Waals surface area contributed by atoms with Crippen LogP contribution in [0.25, 0.3) is 0 Å². The van der Waals surface area contributed by atoms with E-state index in [0.717, 1.165) is 0 Å². The predicted octanol–water partition coefficient (Wildman–Crippen LogP) is 2.28. The Balaban J connectivity index is 2.29. The van der Waals surface area contributed by atoms with E-state index in [1.165, 1.54) is 31.4 Å². The molecule has 0 aliphatic heterocycles. The first-order valence-electron chi connectivity index (χ1n) is 4.81. The van der Waals surface area contributed by atoms with Crippen molar-refractivity contribution in [3.63, 3.8) is 0 Å². The molecule has 1 aliphatic rings. The van der Waals surface area contributed by atoms with Crippen LogP contribution in [0.4, 0.5) is 8.78 Å². The highest BCUT2D eigenvalue weighted by atomic mass is 19.3. The van der Waals surface area contributed by atoms with Gasteiger partial charge in [-0.2, -0.15) is 8.78 Å². The Morgan fingerprint density at radius 1 is 1.27 bits per heavy atom. The summed E-state index contributed by atoms with van der Waals surface area (Å²) in [5.41, 5.74) is 4.18. The predicted molar refractivity (Wildman–Crippen MR) is 53.0 cm³/mol. The zero-order valence-corrected chi connectivity index (χ0v) is 8.47. The van der Waals surface area contributed by atoms with Crippen LogP contribution in [-0.4, -0.2) is 12.6 Å². The van der Waals surface area contributed by atoms with Gasteiger partial charge < -0.3 is 10.5 Å². The molecule has 0 radical (unpaired) electrons. The maximum Gasteiger partial charge on any atom is 0.290 e. The van der Waals surface area contributed by atoms with E-state index in [1.54, 1.807) is 0 Å². The maximum absolute atomic E-state index is 13.8. The number of hydrogen-bond acceptors (Lipinski definition) is 2. The van der Waals surface area contributed by atoms with Crippen LogP contribution in [0.15, 0.2) is 24.3 Å². The molecule has 0 bridgehead atoms. The Bertz CT molecular complexity index is 357. The molecule has 1 aromatic rings. The highest BCUT2D eigenvalue weighted by Gasteiger charge is 2.60. The molecule has 0 unspecified atom stereocenters. The zero-order valence-electron chi connectivity index (χ0n) is 8.47. The molecule has 0 aromatic heterocycles. The fourth-order valence-electron chi connectivity index (χ4n) is 1.54. The van der Waals surface area contributed by atoms with Crippen molar-refractivity contribution in [1.82, 2.24) is 0 Å². The minimum Gasteiger partial charge on any atom is -0.497 e. The average Bonchev–Trinajstić information content (AvgIpc) is 2.98. The fraction of sp³-hybridized carbons (Fsp3) is 0.455. The highest BCUT2D eigenvalue weighted by molar-refractivity contribution is 5.33. The van der Waals surface area contributed by atoms with Crippen molar-refractivity contribution in [3.8, 4) is 5.75 Å². The van der Waals surface area contributed by atoms with Crippen LogP contribution in [0.1, 0.15) is 18.4 Å². The van der Waals surface area contributed by atoms with Gasteiger partial charge in [0.15, 0.2) is 0 Å². The summed E-state index contributed by atoms with van der Waals surface area (Å²) in [5, 5.41) is 0. The average molecular weight is 213 g/mol. The van der Waals surface area contributed by atoms with Crippen molar-refractivity contribution in [2.24, 2.45) is 5.73 Å². The van der Waals surface area contributed by atoms with Gasteiger partial charge in [-0.05, 0) is 37.1 Å². The van der Waals surface area contributed by atoms with Gasteiger partial charge in [0.05, 0.1) is 12.6 Å². The van der Waals surface area contributed by atoms with Gasteiger partial charge in [0.2, 0.25) is 0 Å². The molecule has 2 rings (SSSR count). The van der Waals surface area contributed by atoms with Crippen molar-refractivity contribution >= 4 is 0 Å². The minimum absolute atomic E-state index is 0.0386. The Morgan fingerprint density at radius 2 is 1.80 bits per heavy atom. The van der Waals surface area contributed by atoms with Crippen LogP contribution in [0.3, 0.4) is 0 Å². The standard InChI is InChI=1S/C11H13F2NO/c1-15-9-4-2-8(3-5-9)11(12,13)10(14)6-7-10/h2-5H,6-7,14H2,1H3. The molecule has 15 heavy (non-hydrogen) atoms. The number of ether oxygens (including phenoxy) is 1. The Hall–Kier alpha value is -1.16. The number of hydrogen-bond donors (Lipinski definition) is 1. The second-order valence-electron chi connectivity index (χ2n) is 3.96. The number of halogens is 2. The first kappa shape index (κ1) is 10.4. The van der Waals surface area contributed by atoms with Crippen LogP contribution in [0.5, 0.6) is 5.75 Å². The fourth-order valence-corrected chi connectivity index (χ4v) is 1.54. The van der Waals surface area contributed by atoms with Gasteiger partial charge in [-0.1, -0.05) is 0 Å². The monoisotopic (exact) mass is 213 g/mol. The number of methoxy groups -OCH3 is 1. The molecule has 0 heterocycles. The summed E-state index contributed by atoms with van der Waals surface area (Å²) in [6.45, 7) is 0. The Labute approximate surface area is 87.0 Å². The third-order valence-corrected chi connectivity index (χ3v) is 2.87. The molecule has 1 aromatic carbocycles. The van der Waals surface area contributed by atoms with Gasteiger partial charge in [0.25, 0.3) is 5.92 Å². The van der Waals surface area contributed by atoms with Crippen molar-refractivity contribution in [2.45, 2.75) is 24.3 Å². The van der Waals surface area contributed by atoms with Crippen LogP contribution < -0.4 is 10.5 Å². The van der Waals surface area contributed by atoms with Gasteiger partial charge in [0.1, 0.15) is 5.75 Å². The van der Waals surface area contributed by atoms with E-state index in [9.17, 15) is 8.78 Å². The molecular formula is C11H13F2NO. The quantitative estimate of drug-likeness (QED) is 0.836. The smallest absolute Gasteiger partial charge is 0.290 e. The molecular weight excluding hydrogens is 200 g/mol. The second kappa shape index (κ2) is 3.17. The van der Waals surface area contributed by atoms with E-state index in [4.69, 9.17) is 10.5 Å². The van der Waals surface area contributed by atoms with E-state index in [0.29, 0.717) is 18.6 Å². The van der Waals surface area contributed by atoms with E-state index in [-0.39, 0.29) is 5.56 Å². The lowest BCUT2D eigenvalue weighted by molar-refractivity contribution is -0.0421. The van der Waals surface area contributed by atoms with Crippen molar-refractivity contribution < 1.29 is 13.5 Å². The SMILES string of the molecule is COc1ccc(C(F)(F)C2(N)CC2)cc1. The van der Waals surface area contributed by atoms with Crippen LogP contribution >= 0.6 is 0 Å². The molecule has 0 amide bonds. The van der Waals surface area contributed by atoms with Gasteiger partial charge in [-0.3, -0.25) is 0 Å². The lowest BCUT2D eigenvalue weighted by atomic mass is 10.00. The third-order valence-electron chi connectivity index (χ3n) is 2.87. The van der Waals surface area contributed by atoms with Crippen LogP contribution in [-0.2, 0) is 5.92 Å². The third kappa shape index (κ3) is 1.59. The largest absolute Gasteiger partial charge is 0.497 e. The number of alkyl halides is 2. The molecule has 82 valence electrons. The maximum atomic E-state index is 13.8. The van der Waals surface area contributed by atoms with Crippen molar-refractivity contribution in [1.29, 1.82) is 0 Å². The van der Waals surface area contributed by atoms with Crippen molar-refractivity contribution in [3.05, 3.63) is 29.8 Å². The van der Waals surface area contributed by atoms with Gasteiger partial charge in [0, 0.05) is 5.56 Å². The Kier molecular flexibility index (Phi) is 2.19. The highest BCUT2D eigenvalue weighted by Crippen LogP contribution is 2.51. The molecule has 0 spiro atoms. The molecule has 1 fully saturated rings. The molecule has 1 saturated carbocycles. The topological polar surface area (TPSA) is 35.2 Å². The number of benzene rings is 1. The second-order valence-corrected chi connectivity index (χ2v) is 3.96. The molecule has 1 aliphatic carbocycles. The summed E-state index contributed by atoms with van der Waals surface area (Å²) >= 11 is 0. The summed E-state index contributed by atoms with van der Waals surface area (Å²) < 4.78 is 32.5. The first-order valence-corrected chi connectivity index (χ1v) is 4.81. The molecule has 2 nitrogen and oxygen atoms in total. The van der Waals surface area contributed by atoms with Crippen LogP contribution in [0.2, 0.25) is 0 Å². The first-order chi connectivity index (χ1) is 6.99. The molecule has 0 saturated heterocycles. The summed E-state index contributed by atoms with van der Waals surface area (Å²) in [4.78, 5) is 0. The van der Waals surface area contributed by atoms with E-state index >= 15 is 0 Å². The van der Waals surface area contributed by atoms with Gasteiger partial charge in [-0.25, -0.2) is 0 Å². The summed E-state index contributed by atoms with van der Waals surface area (Å²) in [5.74, 6) is -2.38. The Morgan fingerprint density at radius 3 is 2.20 bits per heavy atom. The summed E-state index contributed by atoms with van der Waals surface area (Å²) in [6.07, 6.45) is 0.762. The minimum atomic E-state index is -2.95. The van der Waals surface area contributed by atoms with E-state index < -0.39 is 11.5 Å². The molecule has 2 N–H and O–H groups in total. The normalized spacial score (nSPS) is 18.7. The van der Waals surface area contributed by atoms with Gasteiger partial charge in [-0.15, -0.1) is 0 Å². The van der Waals surface area contributed by atoms with E-state index in [2.05, 4.69) is 0 Å².